The highest BCUT2D eigenvalue weighted by atomic mass is 32.2. The monoisotopic (exact) mass is 520 g/mol. The van der Waals surface area contributed by atoms with Crippen molar-refractivity contribution in [3.8, 4) is 0 Å². The normalized spacial score (nSPS) is 14.3. The molecule has 13 nitrogen and oxygen atoms in total. The third-order valence-electron chi connectivity index (χ3n) is 5.12. The smallest absolute Gasteiger partial charge is 0.326 e. The van der Waals surface area contributed by atoms with Crippen LogP contribution in [0.4, 0.5) is 0 Å². The van der Waals surface area contributed by atoms with Gasteiger partial charge in [-0.2, -0.15) is 11.8 Å². The molecule has 4 atom stereocenters. The second kappa shape index (κ2) is 18.9. The molecule has 3 amide bonds. The van der Waals surface area contributed by atoms with E-state index >= 15 is 0 Å². The van der Waals surface area contributed by atoms with Crippen molar-refractivity contribution in [3.63, 3.8) is 0 Å². The molecule has 0 saturated carbocycles. The zero-order valence-electron chi connectivity index (χ0n) is 20.2. The number of nitrogens with one attached hydrogen (secondary N) is 3. The van der Waals surface area contributed by atoms with Gasteiger partial charge in [0, 0.05) is 0 Å². The van der Waals surface area contributed by atoms with E-state index in [0.29, 0.717) is 44.5 Å². The van der Waals surface area contributed by atoms with Gasteiger partial charge in [0.05, 0.1) is 12.5 Å². The number of hydrogen-bond donors (Lipinski definition) is 8. The summed E-state index contributed by atoms with van der Waals surface area (Å²) in [7, 11) is 0. The molecule has 11 N–H and O–H groups in total. The minimum Gasteiger partial charge on any atom is -0.481 e. The molecule has 0 fully saturated rings. The Bertz CT molecular complexity index is 697. The lowest BCUT2D eigenvalue weighted by atomic mass is 10.0. The predicted molar refractivity (Wildman–Crippen MR) is 132 cm³/mol. The Morgan fingerprint density at radius 1 is 0.743 bits per heavy atom. The summed E-state index contributed by atoms with van der Waals surface area (Å²) in [6, 6.07) is -4.58. The summed E-state index contributed by atoms with van der Waals surface area (Å²) in [4.78, 5) is 60.5. The summed E-state index contributed by atoms with van der Waals surface area (Å²) in [6.45, 7) is 0.782. The van der Waals surface area contributed by atoms with Crippen LogP contribution in [-0.2, 0) is 24.0 Å². The van der Waals surface area contributed by atoms with Gasteiger partial charge in [-0.05, 0) is 70.0 Å². The first kappa shape index (κ1) is 32.6. The Balaban J connectivity index is 5.44. The molecule has 35 heavy (non-hydrogen) atoms. The van der Waals surface area contributed by atoms with Crippen LogP contribution in [0, 0.1) is 0 Å². The van der Waals surface area contributed by atoms with Crippen LogP contribution in [-0.4, -0.2) is 89.1 Å². The largest absolute Gasteiger partial charge is 0.481 e. The van der Waals surface area contributed by atoms with Gasteiger partial charge in [0.1, 0.15) is 18.1 Å². The fourth-order valence-corrected chi connectivity index (χ4v) is 3.59. The van der Waals surface area contributed by atoms with Gasteiger partial charge in [-0.15, -0.1) is 0 Å². The van der Waals surface area contributed by atoms with E-state index in [9.17, 15) is 29.1 Å². The minimum atomic E-state index is -1.34. The van der Waals surface area contributed by atoms with Crippen molar-refractivity contribution in [2.75, 3.05) is 25.1 Å². The van der Waals surface area contributed by atoms with Crippen LogP contribution in [0.15, 0.2) is 0 Å². The maximum Gasteiger partial charge on any atom is 0.326 e. The van der Waals surface area contributed by atoms with Gasteiger partial charge >= 0.3 is 11.9 Å². The van der Waals surface area contributed by atoms with Crippen molar-refractivity contribution in [1.29, 1.82) is 0 Å². The number of amides is 3. The lowest BCUT2D eigenvalue weighted by molar-refractivity contribution is -0.142. The highest BCUT2D eigenvalue weighted by molar-refractivity contribution is 7.98. The molecular formula is C21H40N6O7S. The molecule has 0 rings (SSSR count). The lowest BCUT2D eigenvalue weighted by Crippen LogP contribution is -2.57. The Labute approximate surface area is 209 Å². The van der Waals surface area contributed by atoms with E-state index in [-0.39, 0.29) is 19.3 Å². The van der Waals surface area contributed by atoms with Crippen LogP contribution >= 0.6 is 11.8 Å². The molecule has 0 heterocycles. The number of carboxylic acids is 2. The van der Waals surface area contributed by atoms with E-state index < -0.39 is 60.2 Å². The van der Waals surface area contributed by atoms with E-state index in [2.05, 4.69) is 16.0 Å². The Morgan fingerprint density at radius 3 is 1.66 bits per heavy atom. The molecule has 0 saturated heterocycles. The van der Waals surface area contributed by atoms with E-state index in [1.807, 2.05) is 6.26 Å². The van der Waals surface area contributed by atoms with Gasteiger partial charge in [0.15, 0.2) is 0 Å². The number of hydrogen-bond acceptors (Lipinski definition) is 9. The number of carbonyl (C=O) groups is 5. The number of thioether (sulfide) groups is 1. The number of rotatable bonds is 20. The standard InChI is InChI=1S/C21H40N6O7S/c1-35-11-8-15(25-18(30)13(24)12-17(28)29)20(32)26-14(6-2-4-9-22)19(31)27-16(21(33)34)7-3-5-10-23/h13-16H,2-12,22-24H2,1H3,(H,25,30)(H,26,32)(H,27,31)(H,28,29)(H,33,34). The van der Waals surface area contributed by atoms with Crippen molar-refractivity contribution < 1.29 is 34.2 Å². The number of aliphatic carboxylic acids is 2. The number of carboxylic acid groups (broad SMARTS) is 2. The predicted octanol–water partition coefficient (Wildman–Crippen LogP) is -1.66. The second-order valence-electron chi connectivity index (χ2n) is 8.08. The Kier molecular flexibility index (Phi) is 17.5. The quantitative estimate of drug-likeness (QED) is 0.0844. The van der Waals surface area contributed by atoms with E-state index in [1.165, 1.54) is 11.8 Å². The summed E-state index contributed by atoms with van der Waals surface area (Å²) in [5.41, 5.74) is 16.6. The average Bonchev–Trinajstić information content (AvgIpc) is 2.79. The maximum absolute atomic E-state index is 13.0. The number of carbonyl (C=O) groups excluding carboxylic acids is 3. The van der Waals surface area contributed by atoms with E-state index in [0.717, 1.165) is 0 Å². The highest BCUT2D eigenvalue weighted by Gasteiger charge is 2.30. The van der Waals surface area contributed by atoms with Gasteiger partial charge < -0.3 is 43.4 Å². The summed E-state index contributed by atoms with van der Waals surface area (Å²) in [6.07, 6.45) is 4.04. The van der Waals surface area contributed by atoms with Crippen molar-refractivity contribution in [3.05, 3.63) is 0 Å². The molecule has 4 unspecified atom stereocenters. The van der Waals surface area contributed by atoms with E-state index in [1.54, 1.807) is 0 Å². The van der Waals surface area contributed by atoms with Crippen molar-refractivity contribution >= 4 is 41.4 Å². The molecule has 0 aliphatic rings. The van der Waals surface area contributed by atoms with E-state index in [4.69, 9.17) is 22.3 Å². The molecule has 0 aromatic heterocycles. The molecule has 0 aliphatic carbocycles. The third kappa shape index (κ3) is 14.5. The van der Waals surface area contributed by atoms with Crippen LogP contribution in [0.5, 0.6) is 0 Å². The Hall–Kier alpha value is -2.42. The van der Waals surface area contributed by atoms with Crippen LogP contribution < -0.4 is 33.2 Å². The summed E-state index contributed by atoms with van der Waals surface area (Å²) < 4.78 is 0. The average molecular weight is 521 g/mol. The Morgan fingerprint density at radius 2 is 1.20 bits per heavy atom. The van der Waals surface area contributed by atoms with Crippen LogP contribution in [0.25, 0.3) is 0 Å². The summed E-state index contributed by atoms with van der Waals surface area (Å²) >= 11 is 1.43. The fourth-order valence-electron chi connectivity index (χ4n) is 3.12. The first-order chi connectivity index (χ1) is 16.6. The molecule has 0 radical (unpaired) electrons. The second-order valence-corrected chi connectivity index (χ2v) is 9.06. The van der Waals surface area contributed by atoms with Crippen LogP contribution in [0.3, 0.4) is 0 Å². The van der Waals surface area contributed by atoms with Gasteiger partial charge in [0.2, 0.25) is 17.7 Å². The number of nitrogens with two attached hydrogens (primary N) is 3. The molecule has 0 bridgehead atoms. The van der Waals surface area contributed by atoms with Crippen LogP contribution in [0.2, 0.25) is 0 Å². The van der Waals surface area contributed by atoms with Crippen molar-refractivity contribution in [2.45, 2.75) is 75.5 Å². The SMILES string of the molecule is CSCCC(NC(=O)C(N)CC(=O)O)C(=O)NC(CCCCN)C(=O)NC(CCCCN)C(=O)O. The lowest BCUT2D eigenvalue weighted by Gasteiger charge is -2.25. The topological polar surface area (TPSA) is 240 Å². The molecule has 202 valence electrons. The summed E-state index contributed by atoms with van der Waals surface area (Å²) in [5, 5.41) is 25.8. The van der Waals surface area contributed by atoms with Gasteiger partial charge in [-0.25, -0.2) is 4.79 Å². The fraction of sp³-hybridized carbons (Fsp3) is 0.762. The molecule has 14 heteroatoms. The molecular weight excluding hydrogens is 480 g/mol. The molecule has 0 aromatic carbocycles. The molecule has 0 spiro atoms. The first-order valence-corrected chi connectivity index (χ1v) is 13.0. The van der Waals surface area contributed by atoms with Gasteiger partial charge in [-0.1, -0.05) is 0 Å². The summed E-state index contributed by atoms with van der Waals surface area (Å²) in [5.74, 6) is -4.07. The minimum absolute atomic E-state index is 0.190. The zero-order chi connectivity index (χ0) is 26.8. The third-order valence-corrected chi connectivity index (χ3v) is 5.76. The van der Waals surface area contributed by atoms with Crippen molar-refractivity contribution in [2.24, 2.45) is 17.2 Å². The van der Waals surface area contributed by atoms with Gasteiger partial charge in [-0.3, -0.25) is 19.2 Å². The molecule has 0 aromatic rings. The maximum atomic E-state index is 13.0. The highest BCUT2D eigenvalue weighted by Crippen LogP contribution is 2.08. The first-order valence-electron chi connectivity index (χ1n) is 11.6. The zero-order valence-corrected chi connectivity index (χ0v) is 21.0. The number of unbranched alkanes of at least 4 members (excludes halogenated alkanes) is 2. The van der Waals surface area contributed by atoms with Gasteiger partial charge in [0.25, 0.3) is 0 Å². The van der Waals surface area contributed by atoms with Crippen LogP contribution in [0.1, 0.15) is 51.4 Å². The molecule has 0 aliphatic heterocycles. The van der Waals surface area contributed by atoms with Crippen molar-refractivity contribution in [1.82, 2.24) is 16.0 Å².